The van der Waals surface area contributed by atoms with Crippen LogP contribution in [0.4, 0.5) is 5.69 Å². The van der Waals surface area contributed by atoms with Gasteiger partial charge in [-0.1, -0.05) is 42.0 Å². The van der Waals surface area contributed by atoms with Crippen LogP contribution in [0.5, 0.6) is 11.5 Å². The maximum atomic E-state index is 12.7. The van der Waals surface area contributed by atoms with Crippen LogP contribution in [-0.2, 0) is 16.6 Å². The summed E-state index contributed by atoms with van der Waals surface area (Å²) in [7, 11) is -3.97. The van der Waals surface area contributed by atoms with Crippen molar-refractivity contribution < 1.29 is 27.9 Å². The van der Waals surface area contributed by atoms with Crippen molar-refractivity contribution in [1.82, 2.24) is 4.72 Å². The molecule has 0 amide bonds. The van der Waals surface area contributed by atoms with E-state index in [4.69, 9.17) is 4.74 Å². The number of hydrogen-bond acceptors (Lipinski definition) is 7. The summed E-state index contributed by atoms with van der Waals surface area (Å²) in [6.45, 7) is 3.96. The van der Waals surface area contributed by atoms with Crippen LogP contribution < -0.4 is 14.2 Å². The molecule has 4 aromatic rings. The number of aryl methyl sites for hydroxylation is 1. The highest BCUT2D eigenvalue weighted by molar-refractivity contribution is 7.97. The van der Waals surface area contributed by atoms with Gasteiger partial charge in [-0.25, -0.2) is 13.2 Å². The molecule has 10 heteroatoms. The Morgan fingerprint density at radius 3 is 2.13 bits per heavy atom. The molecule has 0 saturated heterocycles. The lowest BCUT2D eigenvalue weighted by Gasteiger charge is -2.13. The SMILES string of the molecule is CC(=O)c1ccc(SNCc2ccc(Oc3ccc(NS(=O)(=O)c4ccc(C)cc4)c(C(=O)O)c3)cc2)cc1. The molecule has 0 aliphatic heterocycles. The zero-order chi connectivity index (χ0) is 28.0. The first-order chi connectivity index (χ1) is 18.6. The lowest BCUT2D eigenvalue weighted by atomic mass is 10.1. The lowest BCUT2D eigenvalue weighted by molar-refractivity contribution is 0.0697. The minimum absolute atomic E-state index is 0.0275. The summed E-state index contributed by atoms with van der Waals surface area (Å²) in [4.78, 5) is 24.3. The standard InChI is InChI=1S/C29H26N2O6S2/c1-19-3-14-26(15-4-19)39(35,36)31-28-16-11-24(17-27(28)29(33)34)37-23-9-5-21(6-10-23)18-30-38-25-12-7-22(8-13-25)20(2)32/h3-17,30-31H,18H2,1-2H3,(H,33,34). The van der Waals surface area contributed by atoms with Crippen molar-refractivity contribution in [2.45, 2.75) is 30.2 Å². The molecule has 0 bridgehead atoms. The van der Waals surface area contributed by atoms with Crippen LogP contribution in [0, 0.1) is 6.92 Å². The smallest absolute Gasteiger partial charge is 0.337 e. The third-order valence-electron chi connectivity index (χ3n) is 5.68. The van der Waals surface area contributed by atoms with E-state index in [0.29, 0.717) is 17.9 Å². The van der Waals surface area contributed by atoms with Gasteiger partial charge in [-0.2, -0.15) is 0 Å². The second-order valence-corrected chi connectivity index (χ2v) is 11.3. The molecule has 0 unspecified atom stereocenters. The summed E-state index contributed by atoms with van der Waals surface area (Å²) < 4.78 is 36.9. The zero-order valence-corrected chi connectivity index (χ0v) is 22.8. The summed E-state index contributed by atoms with van der Waals surface area (Å²) >= 11 is 1.45. The summed E-state index contributed by atoms with van der Waals surface area (Å²) in [5.41, 5.74) is 2.27. The molecular weight excluding hydrogens is 536 g/mol. The Morgan fingerprint density at radius 2 is 1.51 bits per heavy atom. The first kappa shape index (κ1) is 27.9. The number of carboxylic acids is 1. The summed E-state index contributed by atoms with van der Waals surface area (Å²) in [5.74, 6) is -0.520. The van der Waals surface area contributed by atoms with E-state index in [1.54, 1.807) is 36.4 Å². The van der Waals surface area contributed by atoms with Gasteiger partial charge in [0.2, 0.25) is 0 Å². The van der Waals surface area contributed by atoms with Gasteiger partial charge in [0.05, 0.1) is 16.1 Å². The minimum Gasteiger partial charge on any atom is -0.478 e. The van der Waals surface area contributed by atoms with Crippen molar-refractivity contribution in [2.75, 3.05) is 4.72 Å². The number of ketones is 1. The topological polar surface area (TPSA) is 122 Å². The number of carbonyl (C=O) groups is 2. The third kappa shape index (κ3) is 7.47. The average molecular weight is 563 g/mol. The Hall–Kier alpha value is -4.12. The van der Waals surface area contributed by atoms with Gasteiger partial charge >= 0.3 is 5.97 Å². The van der Waals surface area contributed by atoms with Gasteiger partial charge in [0.25, 0.3) is 10.0 Å². The van der Waals surface area contributed by atoms with Crippen LogP contribution in [0.1, 0.15) is 38.8 Å². The molecule has 0 saturated carbocycles. The fourth-order valence-corrected chi connectivity index (χ4v) is 5.30. The Labute approximate surface area is 231 Å². The number of carbonyl (C=O) groups excluding carboxylic acids is 1. The molecule has 0 aromatic heterocycles. The number of rotatable bonds is 11. The van der Waals surface area contributed by atoms with E-state index in [2.05, 4.69) is 9.44 Å². The highest BCUT2D eigenvalue weighted by Crippen LogP contribution is 2.29. The molecule has 0 aliphatic carbocycles. The Bertz CT molecular complexity index is 1580. The molecule has 0 radical (unpaired) electrons. The van der Waals surface area contributed by atoms with Crippen molar-refractivity contribution in [1.29, 1.82) is 0 Å². The quantitative estimate of drug-likeness (QED) is 0.144. The van der Waals surface area contributed by atoms with Crippen molar-refractivity contribution in [3.05, 3.63) is 113 Å². The number of hydrogen-bond donors (Lipinski definition) is 3. The molecule has 0 fully saturated rings. The van der Waals surface area contributed by atoms with Gasteiger partial charge in [0, 0.05) is 17.0 Å². The van der Waals surface area contributed by atoms with Crippen LogP contribution in [-0.4, -0.2) is 25.3 Å². The highest BCUT2D eigenvalue weighted by atomic mass is 32.2. The predicted molar refractivity (Wildman–Crippen MR) is 151 cm³/mol. The van der Waals surface area contributed by atoms with Crippen LogP contribution in [0.25, 0.3) is 0 Å². The van der Waals surface area contributed by atoms with Crippen LogP contribution in [0.15, 0.2) is 101 Å². The fraction of sp³-hybridized carbons (Fsp3) is 0.103. The number of benzene rings is 4. The largest absolute Gasteiger partial charge is 0.478 e. The molecule has 39 heavy (non-hydrogen) atoms. The highest BCUT2D eigenvalue weighted by Gasteiger charge is 2.19. The van der Waals surface area contributed by atoms with Crippen molar-refractivity contribution in [3.63, 3.8) is 0 Å². The molecule has 4 aromatic carbocycles. The molecule has 0 atom stereocenters. The molecule has 200 valence electrons. The van der Waals surface area contributed by atoms with Gasteiger partial charge in [0.15, 0.2) is 5.78 Å². The van der Waals surface area contributed by atoms with Crippen molar-refractivity contribution in [2.24, 2.45) is 0 Å². The van der Waals surface area contributed by atoms with E-state index in [0.717, 1.165) is 16.0 Å². The molecule has 0 spiro atoms. The van der Waals surface area contributed by atoms with Crippen LogP contribution >= 0.6 is 11.9 Å². The normalized spacial score (nSPS) is 11.1. The molecule has 8 nitrogen and oxygen atoms in total. The van der Waals surface area contributed by atoms with Crippen molar-refractivity contribution in [3.8, 4) is 11.5 Å². The monoisotopic (exact) mass is 562 g/mol. The van der Waals surface area contributed by atoms with Gasteiger partial charge < -0.3 is 9.84 Å². The zero-order valence-electron chi connectivity index (χ0n) is 21.2. The fourth-order valence-electron chi connectivity index (χ4n) is 3.55. The first-order valence-corrected chi connectivity index (χ1v) is 14.1. The first-order valence-electron chi connectivity index (χ1n) is 11.8. The summed E-state index contributed by atoms with van der Waals surface area (Å²) in [6, 6.07) is 25.0. The number of carboxylic acid groups (broad SMARTS) is 1. The van der Waals surface area contributed by atoms with E-state index in [1.807, 2.05) is 31.2 Å². The van der Waals surface area contributed by atoms with Gasteiger partial charge in [-0.3, -0.25) is 14.2 Å². The number of Topliss-reactive ketones (excluding diaryl/α,β-unsaturated/α-hetero) is 1. The second kappa shape index (κ2) is 12.2. The van der Waals surface area contributed by atoms with Gasteiger partial charge in [-0.15, -0.1) is 0 Å². The van der Waals surface area contributed by atoms with Crippen LogP contribution in [0.3, 0.4) is 0 Å². The number of ether oxygens (including phenoxy) is 1. The van der Waals surface area contributed by atoms with Crippen LogP contribution in [0.2, 0.25) is 0 Å². The van der Waals surface area contributed by atoms with Gasteiger partial charge in [0.1, 0.15) is 11.5 Å². The Kier molecular flexibility index (Phi) is 8.70. The van der Waals surface area contributed by atoms with Crippen molar-refractivity contribution >= 4 is 39.4 Å². The Morgan fingerprint density at radius 1 is 0.872 bits per heavy atom. The average Bonchev–Trinajstić information content (AvgIpc) is 2.91. The van der Waals surface area contributed by atoms with E-state index < -0.39 is 16.0 Å². The minimum atomic E-state index is -3.97. The summed E-state index contributed by atoms with van der Waals surface area (Å²) in [5, 5.41) is 9.68. The number of nitrogens with one attached hydrogen (secondary N) is 2. The van der Waals surface area contributed by atoms with E-state index in [-0.39, 0.29) is 27.7 Å². The second-order valence-electron chi connectivity index (χ2n) is 8.68. The lowest BCUT2D eigenvalue weighted by Crippen LogP contribution is -2.15. The van der Waals surface area contributed by atoms with Gasteiger partial charge in [-0.05, 0) is 86.0 Å². The molecule has 0 aliphatic rings. The Balaban J connectivity index is 1.38. The molecule has 0 heterocycles. The summed E-state index contributed by atoms with van der Waals surface area (Å²) in [6.07, 6.45) is 0. The maximum Gasteiger partial charge on any atom is 0.337 e. The number of sulfonamides is 1. The van der Waals surface area contributed by atoms with E-state index in [9.17, 15) is 23.1 Å². The van der Waals surface area contributed by atoms with E-state index in [1.165, 1.54) is 49.2 Å². The van der Waals surface area contributed by atoms with E-state index >= 15 is 0 Å². The number of anilines is 1. The predicted octanol–water partition coefficient (Wildman–Crippen LogP) is 6.29. The third-order valence-corrected chi connectivity index (χ3v) is 7.86. The molecular formula is C29H26N2O6S2. The maximum absolute atomic E-state index is 12.7. The molecule has 3 N–H and O–H groups in total. The molecule has 4 rings (SSSR count). The number of aromatic carboxylic acids is 1.